The molecule has 0 atom stereocenters. The van der Waals surface area contributed by atoms with Crippen molar-refractivity contribution in [1.29, 1.82) is 5.26 Å². The van der Waals surface area contributed by atoms with E-state index in [1.54, 1.807) is 0 Å². The van der Waals surface area contributed by atoms with Crippen LogP contribution in [0.15, 0.2) is 6.07 Å². The Morgan fingerprint density at radius 2 is 1.85 bits per heavy atom. The van der Waals surface area contributed by atoms with Crippen molar-refractivity contribution in [2.24, 2.45) is 0 Å². The van der Waals surface area contributed by atoms with E-state index in [4.69, 9.17) is 9.47 Å². The Kier molecular flexibility index (Phi) is 2.66. The number of nitrogens with zero attached hydrogens (tertiary/aromatic N) is 1. The van der Waals surface area contributed by atoms with E-state index in [2.05, 4.69) is 12.1 Å². The maximum absolute atomic E-state index is 9.75. The Morgan fingerprint density at radius 1 is 1.05 bits per heavy atom. The van der Waals surface area contributed by atoms with Crippen molar-refractivity contribution < 1.29 is 9.47 Å². The Morgan fingerprint density at radius 3 is 2.60 bits per heavy atom. The van der Waals surface area contributed by atoms with Gasteiger partial charge in [-0.05, 0) is 56.6 Å². The summed E-state index contributed by atoms with van der Waals surface area (Å²) >= 11 is 0. The standard InChI is InChI=1S/C17H19NO2/c18-11-17(6-3-7-17)15-13-5-2-8-19-14(13)10-12-4-1-9-20-16(12)15/h10H,1-9H2. The molecule has 0 bridgehead atoms. The molecule has 1 saturated carbocycles. The summed E-state index contributed by atoms with van der Waals surface area (Å²) in [5, 5.41) is 9.75. The third-order valence-electron chi connectivity index (χ3n) is 4.99. The molecule has 1 fully saturated rings. The minimum absolute atomic E-state index is 0.312. The van der Waals surface area contributed by atoms with Crippen LogP contribution in [0.3, 0.4) is 0 Å². The first-order valence-electron chi connectivity index (χ1n) is 7.70. The SMILES string of the molecule is N#CC1(c2c3c(cc4c2OCCC4)OCCC3)CCC1. The molecule has 2 heterocycles. The van der Waals surface area contributed by atoms with Crippen LogP contribution < -0.4 is 9.47 Å². The van der Waals surface area contributed by atoms with Crippen LogP contribution in [0.1, 0.15) is 48.8 Å². The van der Waals surface area contributed by atoms with Crippen LogP contribution in [0.2, 0.25) is 0 Å². The van der Waals surface area contributed by atoms with Crippen LogP contribution >= 0.6 is 0 Å². The summed E-state index contributed by atoms with van der Waals surface area (Å²) in [5.41, 5.74) is 3.36. The molecule has 104 valence electrons. The van der Waals surface area contributed by atoms with E-state index in [0.717, 1.165) is 69.7 Å². The van der Waals surface area contributed by atoms with E-state index in [9.17, 15) is 5.26 Å². The lowest BCUT2D eigenvalue weighted by atomic mass is 9.63. The second-order valence-electron chi connectivity index (χ2n) is 6.17. The zero-order chi connectivity index (χ0) is 13.6. The number of fused-ring (bicyclic) bond motifs is 2. The number of benzene rings is 1. The Hall–Kier alpha value is -1.69. The highest BCUT2D eigenvalue weighted by Crippen LogP contribution is 2.52. The highest BCUT2D eigenvalue weighted by Gasteiger charge is 2.45. The van der Waals surface area contributed by atoms with Gasteiger partial charge in [0.15, 0.2) is 0 Å². The van der Waals surface area contributed by atoms with Crippen LogP contribution in [0, 0.1) is 11.3 Å². The zero-order valence-corrected chi connectivity index (χ0v) is 11.7. The minimum Gasteiger partial charge on any atom is -0.493 e. The van der Waals surface area contributed by atoms with Gasteiger partial charge in [-0.1, -0.05) is 0 Å². The van der Waals surface area contributed by atoms with Gasteiger partial charge in [0.2, 0.25) is 0 Å². The van der Waals surface area contributed by atoms with Gasteiger partial charge in [-0.15, -0.1) is 0 Å². The maximum Gasteiger partial charge on any atom is 0.127 e. The fourth-order valence-corrected chi connectivity index (χ4v) is 3.78. The van der Waals surface area contributed by atoms with E-state index in [1.807, 2.05) is 0 Å². The molecule has 1 aromatic carbocycles. The monoisotopic (exact) mass is 269 g/mol. The quantitative estimate of drug-likeness (QED) is 0.785. The lowest BCUT2D eigenvalue weighted by molar-refractivity contribution is 0.247. The molecule has 0 radical (unpaired) electrons. The Bertz CT molecular complexity index is 562. The highest BCUT2D eigenvalue weighted by molar-refractivity contribution is 5.60. The van der Waals surface area contributed by atoms with E-state index in [-0.39, 0.29) is 5.41 Å². The first kappa shape index (κ1) is 12.1. The molecule has 3 heteroatoms. The lowest BCUT2D eigenvalue weighted by Crippen LogP contribution is -2.35. The molecule has 20 heavy (non-hydrogen) atoms. The molecule has 0 saturated heterocycles. The van der Waals surface area contributed by atoms with Crippen molar-refractivity contribution in [2.45, 2.75) is 50.4 Å². The topological polar surface area (TPSA) is 42.2 Å². The van der Waals surface area contributed by atoms with E-state index >= 15 is 0 Å². The first-order valence-corrected chi connectivity index (χ1v) is 7.70. The van der Waals surface area contributed by atoms with Crippen molar-refractivity contribution in [3.05, 3.63) is 22.8 Å². The van der Waals surface area contributed by atoms with Gasteiger partial charge in [0.1, 0.15) is 11.5 Å². The van der Waals surface area contributed by atoms with Crippen molar-refractivity contribution in [3.8, 4) is 17.6 Å². The van der Waals surface area contributed by atoms with Gasteiger partial charge < -0.3 is 9.47 Å². The molecule has 0 N–H and O–H groups in total. The van der Waals surface area contributed by atoms with Crippen LogP contribution in [0.25, 0.3) is 0 Å². The second-order valence-corrected chi connectivity index (χ2v) is 6.17. The van der Waals surface area contributed by atoms with Gasteiger partial charge in [-0.2, -0.15) is 5.26 Å². The molecular formula is C17H19NO2. The number of hydrogen-bond donors (Lipinski definition) is 0. The molecule has 2 aliphatic heterocycles. The summed E-state index contributed by atoms with van der Waals surface area (Å²) in [6.45, 7) is 1.58. The molecule has 4 rings (SSSR count). The summed E-state index contributed by atoms with van der Waals surface area (Å²) < 4.78 is 11.9. The number of nitriles is 1. The lowest BCUT2D eigenvalue weighted by Gasteiger charge is -2.40. The molecule has 0 aromatic heterocycles. The minimum atomic E-state index is -0.312. The van der Waals surface area contributed by atoms with Gasteiger partial charge in [-0.3, -0.25) is 0 Å². The first-order chi connectivity index (χ1) is 9.84. The third kappa shape index (κ3) is 1.57. The summed E-state index contributed by atoms with van der Waals surface area (Å²) in [7, 11) is 0. The molecule has 1 aliphatic carbocycles. The fourth-order valence-electron chi connectivity index (χ4n) is 3.78. The van der Waals surface area contributed by atoms with Crippen molar-refractivity contribution in [2.75, 3.05) is 13.2 Å². The average Bonchev–Trinajstić information content (AvgIpc) is 2.46. The van der Waals surface area contributed by atoms with Crippen molar-refractivity contribution in [3.63, 3.8) is 0 Å². The average molecular weight is 269 g/mol. The smallest absolute Gasteiger partial charge is 0.127 e. The summed E-state index contributed by atoms with van der Waals surface area (Å²) in [6, 6.07) is 4.76. The highest BCUT2D eigenvalue weighted by atomic mass is 16.5. The van der Waals surface area contributed by atoms with Crippen molar-refractivity contribution >= 4 is 0 Å². The van der Waals surface area contributed by atoms with Crippen molar-refractivity contribution in [1.82, 2.24) is 0 Å². The van der Waals surface area contributed by atoms with Crippen LogP contribution in [-0.4, -0.2) is 13.2 Å². The molecule has 0 unspecified atom stereocenters. The largest absolute Gasteiger partial charge is 0.493 e. The fraction of sp³-hybridized carbons (Fsp3) is 0.588. The number of aryl methyl sites for hydroxylation is 1. The molecular weight excluding hydrogens is 250 g/mol. The predicted molar refractivity (Wildman–Crippen MR) is 75.2 cm³/mol. The second kappa shape index (κ2) is 4.41. The summed E-state index contributed by atoms with van der Waals surface area (Å²) in [4.78, 5) is 0. The van der Waals surface area contributed by atoms with Gasteiger partial charge >= 0.3 is 0 Å². The third-order valence-corrected chi connectivity index (χ3v) is 4.99. The van der Waals surface area contributed by atoms with Gasteiger partial charge in [-0.25, -0.2) is 0 Å². The molecule has 0 amide bonds. The maximum atomic E-state index is 9.75. The summed E-state index contributed by atoms with van der Waals surface area (Å²) in [5.74, 6) is 2.03. The number of ether oxygens (including phenoxy) is 2. The zero-order valence-electron chi connectivity index (χ0n) is 11.7. The molecule has 3 nitrogen and oxygen atoms in total. The molecule has 1 aromatic rings. The van der Waals surface area contributed by atoms with E-state index in [0.29, 0.717) is 0 Å². The summed E-state index contributed by atoms with van der Waals surface area (Å²) in [6.07, 6.45) is 7.24. The van der Waals surface area contributed by atoms with Gasteiger partial charge in [0.05, 0.1) is 24.7 Å². The van der Waals surface area contributed by atoms with E-state index in [1.165, 1.54) is 16.7 Å². The number of rotatable bonds is 1. The number of hydrogen-bond acceptors (Lipinski definition) is 3. The van der Waals surface area contributed by atoms with Gasteiger partial charge in [0, 0.05) is 11.1 Å². The normalized spacial score (nSPS) is 22.4. The molecule has 3 aliphatic rings. The molecule has 0 spiro atoms. The van der Waals surface area contributed by atoms with E-state index < -0.39 is 0 Å². The predicted octanol–water partition coefficient (Wildman–Crippen LogP) is 3.28. The Balaban J connectivity index is 1.96. The van der Waals surface area contributed by atoms with Crippen LogP contribution in [-0.2, 0) is 18.3 Å². The van der Waals surface area contributed by atoms with Crippen LogP contribution in [0.5, 0.6) is 11.5 Å². The Labute approximate surface area is 119 Å². The van der Waals surface area contributed by atoms with Gasteiger partial charge in [0.25, 0.3) is 0 Å². The van der Waals surface area contributed by atoms with Crippen LogP contribution in [0.4, 0.5) is 0 Å².